The number of hydrogen-bond donors (Lipinski definition) is 0. The molecule has 0 N–H and O–H groups in total. The quantitative estimate of drug-likeness (QED) is 0.216. The molecule has 23 heavy (non-hydrogen) atoms. The minimum atomic E-state index is -5.56. The number of rotatable bonds is 4. The minimum absolute atomic E-state index is 0.702. The summed E-state index contributed by atoms with van der Waals surface area (Å²) < 4.78 is 84.6. The topological polar surface area (TPSA) is 49.7 Å². The fraction of sp³-hybridized carbons (Fsp3) is 0.750. The van der Waals surface area contributed by atoms with Crippen LogP contribution in [0.2, 0.25) is 0 Å². The van der Waals surface area contributed by atoms with E-state index in [-0.39, 0.29) is 0 Å². The van der Waals surface area contributed by atoms with Gasteiger partial charge in [-0.2, -0.15) is 0 Å². The predicted molar refractivity (Wildman–Crippen MR) is 74.0 cm³/mol. The van der Waals surface area contributed by atoms with E-state index in [1.165, 1.54) is 0 Å². The molecule has 0 aromatic carbocycles. The van der Waals surface area contributed by atoms with Crippen LogP contribution in [0.4, 0.5) is 26.3 Å². The van der Waals surface area contributed by atoms with Gasteiger partial charge in [0.1, 0.15) is 0 Å². The van der Waals surface area contributed by atoms with Crippen molar-refractivity contribution in [1.82, 2.24) is 10.0 Å². The van der Waals surface area contributed by atoms with Gasteiger partial charge >= 0.3 is 139 Å². The van der Waals surface area contributed by atoms with Gasteiger partial charge in [-0.05, 0) is 0 Å². The Morgan fingerprint density at radius 3 is 1.22 bits per heavy atom. The van der Waals surface area contributed by atoms with E-state index in [1.807, 2.05) is 0 Å². The average Bonchev–Trinajstić information content (AvgIpc) is 2.22. The van der Waals surface area contributed by atoms with Crippen molar-refractivity contribution in [3.8, 4) is 0 Å². The van der Waals surface area contributed by atoms with Crippen molar-refractivity contribution in [2.45, 2.75) is 12.4 Å². The molecule has 0 atom stereocenters. The zero-order valence-electron chi connectivity index (χ0n) is 12.1. The monoisotopic (exact) mass is 454 g/mol. The predicted octanol–water partition coefficient (Wildman–Crippen LogP) is 2.81. The van der Waals surface area contributed by atoms with Crippen molar-refractivity contribution in [1.29, 1.82) is 0 Å². The van der Waals surface area contributed by atoms with Crippen LogP contribution in [0.15, 0.2) is 10.2 Å². The summed E-state index contributed by atoms with van der Waals surface area (Å²) in [5.41, 5.74) is 0. The normalized spacial score (nSPS) is 14.6. The fourth-order valence-corrected chi connectivity index (χ4v) is 4.09. The summed E-state index contributed by atoms with van der Waals surface area (Å²) in [7, 11) is 15.3. The molecule has 0 spiro atoms. The third kappa shape index (κ3) is 9.20. The molecule has 0 saturated carbocycles. The summed E-state index contributed by atoms with van der Waals surface area (Å²) in [6.45, 7) is 0. The van der Waals surface area contributed by atoms with Crippen molar-refractivity contribution in [2.24, 2.45) is 10.2 Å². The first-order valence-corrected chi connectivity index (χ1v) is 12.7. The van der Waals surface area contributed by atoms with E-state index in [1.54, 1.807) is 0 Å². The Morgan fingerprint density at radius 2 is 1.04 bits per heavy atom. The zero-order chi connectivity index (χ0) is 18.6. The second kappa shape index (κ2) is 7.88. The summed E-state index contributed by atoms with van der Waals surface area (Å²) in [5, 5.41) is 7.27. The molecule has 0 fully saturated rings. The molecule has 0 aliphatic rings. The van der Waals surface area contributed by atoms with Gasteiger partial charge in [0.2, 0.25) is 0 Å². The molecule has 0 rings (SSSR count). The summed E-state index contributed by atoms with van der Waals surface area (Å²) >= 11 is -5.56. The molecule has 0 saturated heterocycles. The Labute approximate surface area is 139 Å². The summed E-state index contributed by atoms with van der Waals surface area (Å²) in [6.07, 6.45) is -10.3. The van der Waals surface area contributed by atoms with E-state index in [4.69, 9.17) is 20.0 Å². The van der Waals surface area contributed by atoms with Gasteiger partial charge < -0.3 is 0 Å². The Kier molecular flexibility index (Phi) is 7.62. The molecular weight excluding hydrogens is 442 g/mol. The van der Waals surface area contributed by atoms with Crippen LogP contribution < -0.4 is 0 Å². The molecule has 136 valence electrons. The van der Waals surface area contributed by atoms with Gasteiger partial charge in [0, 0.05) is 0 Å². The zero-order valence-corrected chi connectivity index (χ0v) is 15.7. The van der Waals surface area contributed by atoms with E-state index >= 15 is 0 Å². The Hall–Kier alpha value is -0.757. The Balaban J connectivity index is 5.46. The molecule has 15 heteroatoms. The molecule has 0 heterocycles. The van der Waals surface area contributed by atoms with Crippen LogP contribution in [0.25, 0.3) is 0 Å². The molecule has 0 aliphatic heterocycles. The van der Waals surface area contributed by atoms with Gasteiger partial charge in [0.25, 0.3) is 0 Å². The van der Waals surface area contributed by atoms with Crippen molar-refractivity contribution >= 4 is 43.9 Å². The maximum atomic E-state index is 12.7. The molecule has 0 aliphatic carbocycles. The maximum absolute atomic E-state index is 12.7. The van der Waals surface area contributed by atoms with Crippen LogP contribution in [0, 0.1) is 0 Å². The third-order valence-electron chi connectivity index (χ3n) is 1.50. The van der Waals surface area contributed by atoms with E-state index in [2.05, 4.69) is 17.7 Å². The number of nitrogens with zero attached hydrogens (tertiary/aromatic N) is 4. The van der Waals surface area contributed by atoms with Crippen LogP contribution >= 0.6 is 20.0 Å². The van der Waals surface area contributed by atoms with E-state index in [0.717, 1.165) is 28.2 Å². The number of alkyl halides is 6. The Bertz CT molecular complexity index is 426. The van der Waals surface area contributed by atoms with Gasteiger partial charge in [-0.25, -0.2) is 0 Å². The Morgan fingerprint density at radius 1 is 0.783 bits per heavy atom. The van der Waals surface area contributed by atoms with Crippen molar-refractivity contribution in [2.75, 3.05) is 28.2 Å². The molecule has 0 bridgehead atoms. The average molecular weight is 454 g/mol. The van der Waals surface area contributed by atoms with Gasteiger partial charge in [-0.15, -0.1) is 0 Å². The molecule has 0 radical (unpaired) electrons. The third-order valence-corrected chi connectivity index (χ3v) is 4.91. The van der Waals surface area contributed by atoms with Crippen LogP contribution in [0.3, 0.4) is 0 Å². The van der Waals surface area contributed by atoms with E-state index < -0.39 is 36.2 Å². The standard InChI is InChI=1S/C8H12Cl2F6GeN4O2/c1-20(2)18-5(7(11,12)13)22-17(9,10)23-6(8(14,15)16)19-21(3)4/h1-4H3/b18-5-,19-6-. The molecule has 0 aromatic rings. The second-order valence-corrected chi connectivity index (χ2v) is 13.1. The second-order valence-electron chi connectivity index (χ2n) is 4.17. The number of hydrazone groups is 2. The molecular formula is C8H12Cl2F6GeN4O2. The molecule has 0 amide bonds. The summed E-state index contributed by atoms with van der Waals surface area (Å²) in [4.78, 5) is 0. The van der Waals surface area contributed by atoms with Gasteiger partial charge in [0.15, 0.2) is 0 Å². The molecule has 0 aromatic heterocycles. The number of halogens is 8. The summed E-state index contributed by atoms with van der Waals surface area (Å²) in [5.74, 6) is -3.86. The first kappa shape index (κ1) is 22.2. The van der Waals surface area contributed by atoms with Crippen LogP contribution in [-0.4, -0.2) is 74.4 Å². The van der Waals surface area contributed by atoms with Crippen LogP contribution in [-0.2, 0) is 7.53 Å². The summed E-state index contributed by atoms with van der Waals surface area (Å²) in [6, 6.07) is 0. The van der Waals surface area contributed by atoms with Crippen molar-refractivity contribution in [3.63, 3.8) is 0 Å². The first-order valence-electron chi connectivity index (χ1n) is 5.46. The van der Waals surface area contributed by atoms with Crippen LogP contribution in [0.5, 0.6) is 0 Å². The van der Waals surface area contributed by atoms with E-state index in [0.29, 0.717) is 10.0 Å². The number of hydrogen-bond acceptors (Lipinski definition) is 6. The SMILES string of the molecule is CN(C)/N=C(\[O][Ge]([Cl])([Cl])[O]/C(=N\N(C)C)C(F)(F)F)C(F)(F)F. The first-order chi connectivity index (χ1) is 10.0. The molecule has 0 unspecified atom stereocenters. The van der Waals surface area contributed by atoms with Crippen LogP contribution in [0.1, 0.15) is 0 Å². The van der Waals surface area contributed by atoms with Crippen molar-refractivity contribution in [3.05, 3.63) is 0 Å². The van der Waals surface area contributed by atoms with Gasteiger partial charge in [-0.3, -0.25) is 0 Å². The van der Waals surface area contributed by atoms with Gasteiger partial charge in [0.05, 0.1) is 0 Å². The van der Waals surface area contributed by atoms with E-state index in [9.17, 15) is 26.3 Å². The van der Waals surface area contributed by atoms with Crippen molar-refractivity contribution < 1.29 is 33.9 Å². The fourth-order valence-electron chi connectivity index (χ4n) is 0.879. The van der Waals surface area contributed by atoms with Gasteiger partial charge in [-0.1, -0.05) is 0 Å². The molecule has 6 nitrogen and oxygen atoms in total.